The lowest BCUT2D eigenvalue weighted by Gasteiger charge is -2.24. The molecule has 2 unspecified atom stereocenters. The Bertz CT molecular complexity index is 315. The number of ether oxygens (including phenoxy) is 1. The van der Waals surface area contributed by atoms with Crippen molar-refractivity contribution in [3.63, 3.8) is 0 Å². The molecule has 2 atom stereocenters. The summed E-state index contributed by atoms with van der Waals surface area (Å²) in [5.74, 6) is 0. The molecule has 0 amide bonds. The average Bonchev–Trinajstić information content (AvgIpc) is 2.99. The van der Waals surface area contributed by atoms with Crippen LogP contribution in [0.15, 0.2) is 17.5 Å². The summed E-state index contributed by atoms with van der Waals surface area (Å²) < 4.78 is 5.39. The molecule has 0 bridgehead atoms. The van der Waals surface area contributed by atoms with Crippen LogP contribution in [0.5, 0.6) is 0 Å². The molecule has 1 fully saturated rings. The van der Waals surface area contributed by atoms with E-state index in [2.05, 4.69) is 34.7 Å². The molecule has 0 aromatic carbocycles. The van der Waals surface area contributed by atoms with Crippen molar-refractivity contribution in [1.29, 1.82) is 0 Å². The van der Waals surface area contributed by atoms with Crippen LogP contribution >= 0.6 is 11.3 Å². The first-order chi connectivity index (χ1) is 8.29. The summed E-state index contributed by atoms with van der Waals surface area (Å²) in [6, 6.07) is 4.88. The summed E-state index contributed by atoms with van der Waals surface area (Å²) in [6.07, 6.45) is 1.61. The van der Waals surface area contributed by atoms with Gasteiger partial charge >= 0.3 is 0 Å². The Kier molecular flexibility index (Phi) is 4.98. The van der Waals surface area contributed by atoms with Crippen molar-refractivity contribution < 1.29 is 4.74 Å². The summed E-state index contributed by atoms with van der Waals surface area (Å²) in [4.78, 5) is 3.92. The van der Waals surface area contributed by atoms with Gasteiger partial charge in [0.2, 0.25) is 0 Å². The van der Waals surface area contributed by atoms with E-state index in [9.17, 15) is 0 Å². The SMILES string of the molecule is COC1CCN(C(C)CNCc2cccs2)C1. The van der Waals surface area contributed by atoms with Crippen molar-refractivity contribution in [3.8, 4) is 0 Å². The maximum atomic E-state index is 5.39. The zero-order valence-corrected chi connectivity index (χ0v) is 11.5. The third kappa shape index (κ3) is 3.78. The Morgan fingerprint density at radius 2 is 2.53 bits per heavy atom. The largest absolute Gasteiger partial charge is 0.380 e. The van der Waals surface area contributed by atoms with Crippen LogP contribution in [0.25, 0.3) is 0 Å². The van der Waals surface area contributed by atoms with Crippen LogP contribution in [0.1, 0.15) is 18.2 Å². The second-order valence-corrected chi connectivity index (χ2v) is 5.73. The van der Waals surface area contributed by atoms with Gasteiger partial charge in [0.1, 0.15) is 0 Å². The van der Waals surface area contributed by atoms with Crippen LogP contribution in [-0.2, 0) is 11.3 Å². The van der Waals surface area contributed by atoms with Crippen LogP contribution in [-0.4, -0.2) is 43.8 Å². The fraction of sp³-hybridized carbons (Fsp3) is 0.692. The molecule has 0 aliphatic carbocycles. The number of thiophene rings is 1. The van der Waals surface area contributed by atoms with Crippen molar-refractivity contribution in [1.82, 2.24) is 10.2 Å². The highest BCUT2D eigenvalue weighted by molar-refractivity contribution is 7.09. The number of nitrogens with zero attached hydrogens (tertiary/aromatic N) is 1. The van der Waals surface area contributed by atoms with Crippen LogP contribution in [0.3, 0.4) is 0 Å². The maximum Gasteiger partial charge on any atom is 0.0710 e. The standard InChI is InChI=1S/C13H22N2OS/c1-11(15-6-5-12(10-15)16-2)8-14-9-13-4-3-7-17-13/h3-4,7,11-12,14H,5-6,8-10H2,1-2H3. The smallest absolute Gasteiger partial charge is 0.0710 e. The predicted molar refractivity (Wildman–Crippen MR) is 72.5 cm³/mol. The highest BCUT2D eigenvalue weighted by Gasteiger charge is 2.25. The number of nitrogens with one attached hydrogen (secondary N) is 1. The van der Waals surface area contributed by atoms with Gasteiger partial charge in [0.05, 0.1) is 6.10 Å². The van der Waals surface area contributed by atoms with Crippen molar-refractivity contribution in [2.45, 2.75) is 32.0 Å². The molecule has 1 aromatic rings. The second-order valence-electron chi connectivity index (χ2n) is 4.70. The third-order valence-corrected chi connectivity index (χ3v) is 4.33. The molecule has 0 spiro atoms. The lowest BCUT2D eigenvalue weighted by atomic mass is 10.3. The van der Waals surface area contributed by atoms with Crippen molar-refractivity contribution in [3.05, 3.63) is 22.4 Å². The third-order valence-electron chi connectivity index (χ3n) is 3.45. The van der Waals surface area contributed by atoms with Gasteiger partial charge in [-0.05, 0) is 24.8 Å². The van der Waals surface area contributed by atoms with Crippen LogP contribution in [0.2, 0.25) is 0 Å². The topological polar surface area (TPSA) is 24.5 Å². The van der Waals surface area contributed by atoms with Crippen LogP contribution in [0, 0.1) is 0 Å². The zero-order valence-electron chi connectivity index (χ0n) is 10.7. The van der Waals surface area contributed by atoms with E-state index >= 15 is 0 Å². The Hall–Kier alpha value is -0.420. The van der Waals surface area contributed by atoms with Crippen molar-refractivity contribution in [2.75, 3.05) is 26.7 Å². The average molecular weight is 254 g/mol. The van der Waals surface area contributed by atoms with Crippen LogP contribution in [0.4, 0.5) is 0 Å². The van der Waals surface area contributed by atoms with Gasteiger partial charge in [-0.3, -0.25) is 4.90 Å². The molecule has 1 aliphatic rings. The lowest BCUT2D eigenvalue weighted by Crippen LogP contribution is -2.39. The number of methoxy groups -OCH3 is 1. The molecule has 17 heavy (non-hydrogen) atoms. The van der Waals surface area contributed by atoms with Crippen molar-refractivity contribution in [2.24, 2.45) is 0 Å². The monoisotopic (exact) mass is 254 g/mol. The second kappa shape index (κ2) is 6.50. The van der Waals surface area contributed by atoms with E-state index in [1.54, 1.807) is 0 Å². The number of hydrogen-bond acceptors (Lipinski definition) is 4. The van der Waals surface area contributed by atoms with Gasteiger partial charge in [-0.1, -0.05) is 6.07 Å². The van der Waals surface area contributed by atoms with Gasteiger partial charge in [0.15, 0.2) is 0 Å². The summed E-state index contributed by atoms with van der Waals surface area (Å²) >= 11 is 1.81. The van der Waals surface area contributed by atoms with E-state index in [1.165, 1.54) is 17.8 Å². The van der Waals surface area contributed by atoms with E-state index in [0.29, 0.717) is 12.1 Å². The summed E-state index contributed by atoms with van der Waals surface area (Å²) in [7, 11) is 1.81. The predicted octanol–water partition coefficient (Wildman–Crippen LogP) is 1.95. The first kappa shape index (κ1) is 13.0. The van der Waals surface area contributed by atoms with Crippen molar-refractivity contribution >= 4 is 11.3 Å². The molecule has 0 radical (unpaired) electrons. The Balaban J connectivity index is 1.65. The van der Waals surface area contributed by atoms with Gasteiger partial charge in [-0.25, -0.2) is 0 Å². The summed E-state index contributed by atoms with van der Waals surface area (Å²) in [5, 5.41) is 5.65. The fourth-order valence-corrected chi connectivity index (χ4v) is 2.97. The lowest BCUT2D eigenvalue weighted by molar-refractivity contribution is 0.102. The molecule has 1 N–H and O–H groups in total. The van der Waals surface area contributed by atoms with E-state index in [-0.39, 0.29) is 0 Å². The minimum absolute atomic E-state index is 0.440. The summed E-state index contributed by atoms with van der Waals surface area (Å²) in [5.41, 5.74) is 0. The normalized spacial score (nSPS) is 23.1. The molecule has 1 aromatic heterocycles. The molecule has 0 saturated carbocycles. The first-order valence-electron chi connectivity index (χ1n) is 6.29. The number of likely N-dealkylation sites (tertiary alicyclic amines) is 1. The maximum absolute atomic E-state index is 5.39. The first-order valence-corrected chi connectivity index (χ1v) is 7.17. The Morgan fingerprint density at radius 3 is 3.18 bits per heavy atom. The zero-order chi connectivity index (χ0) is 12.1. The van der Waals surface area contributed by atoms with E-state index in [4.69, 9.17) is 4.74 Å². The van der Waals surface area contributed by atoms with Gasteiger partial charge < -0.3 is 10.1 Å². The molecule has 1 saturated heterocycles. The molecule has 96 valence electrons. The highest BCUT2D eigenvalue weighted by Crippen LogP contribution is 2.14. The quantitative estimate of drug-likeness (QED) is 0.840. The molecule has 2 rings (SSSR count). The van der Waals surface area contributed by atoms with Gasteiger partial charge in [-0.2, -0.15) is 0 Å². The molecule has 3 nitrogen and oxygen atoms in total. The highest BCUT2D eigenvalue weighted by atomic mass is 32.1. The van der Waals surface area contributed by atoms with Gasteiger partial charge in [0, 0.05) is 44.2 Å². The minimum Gasteiger partial charge on any atom is -0.380 e. The van der Waals surface area contributed by atoms with E-state index < -0.39 is 0 Å². The van der Waals surface area contributed by atoms with Gasteiger partial charge in [0.25, 0.3) is 0 Å². The molecular weight excluding hydrogens is 232 g/mol. The fourth-order valence-electron chi connectivity index (χ4n) is 2.29. The molecule has 2 heterocycles. The minimum atomic E-state index is 0.440. The molecular formula is C13H22N2OS. The van der Waals surface area contributed by atoms with E-state index in [1.807, 2.05) is 18.4 Å². The molecule has 4 heteroatoms. The number of hydrogen-bond donors (Lipinski definition) is 1. The van der Waals surface area contributed by atoms with Gasteiger partial charge in [-0.15, -0.1) is 11.3 Å². The summed E-state index contributed by atoms with van der Waals surface area (Å²) in [6.45, 7) is 6.58. The number of rotatable bonds is 6. The Morgan fingerprint density at radius 1 is 1.65 bits per heavy atom. The van der Waals surface area contributed by atoms with E-state index in [0.717, 1.165) is 19.6 Å². The molecule has 1 aliphatic heterocycles. The van der Waals surface area contributed by atoms with Crippen LogP contribution < -0.4 is 5.32 Å². The Labute approximate surface area is 108 Å².